The van der Waals surface area contributed by atoms with Gasteiger partial charge in [-0.3, -0.25) is 14.5 Å². The number of carbonyl (C=O) groups excluding carboxylic acids is 1. The summed E-state index contributed by atoms with van der Waals surface area (Å²) in [6, 6.07) is 6.81. The number of likely N-dealkylation sites (N-methyl/N-ethyl adjacent to an activating group) is 1. The second-order valence-corrected chi connectivity index (χ2v) is 4.42. The quantitative estimate of drug-likeness (QED) is 0.812. The van der Waals surface area contributed by atoms with Crippen molar-refractivity contribution in [3.63, 3.8) is 0 Å². The fraction of sp³-hybridized carbons (Fsp3) is 0.385. The molecule has 0 bridgehead atoms. The van der Waals surface area contributed by atoms with E-state index in [9.17, 15) is 14.7 Å². The van der Waals surface area contributed by atoms with Crippen LogP contribution in [0.3, 0.4) is 0 Å². The highest BCUT2D eigenvalue weighted by molar-refractivity contribution is 5.85. The zero-order valence-electron chi connectivity index (χ0n) is 10.9. The SMILES string of the molecule is CON(C)C(=O)[C@@H]1Cc2ccccc2CN1C(=O)O. The van der Waals surface area contributed by atoms with E-state index in [4.69, 9.17) is 4.84 Å². The standard InChI is InChI=1S/C13H16N2O4/c1-14(19-2)12(16)11-7-9-5-3-4-6-10(9)8-15(11)13(17)18/h3-6,11H,7-8H2,1-2H3,(H,17,18)/t11-/m0/s1. The Labute approximate surface area is 111 Å². The van der Waals surface area contributed by atoms with E-state index in [0.29, 0.717) is 6.42 Å². The summed E-state index contributed by atoms with van der Waals surface area (Å²) >= 11 is 0. The van der Waals surface area contributed by atoms with E-state index in [2.05, 4.69) is 0 Å². The first-order valence-corrected chi connectivity index (χ1v) is 5.92. The summed E-state index contributed by atoms with van der Waals surface area (Å²) in [6.45, 7) is 0.222. The number of carbonyl (C=O) groups is 2. The monoisotopic (exact) mass is 264 g/mol. The Morgan fingerprint density at radius 2 is 2.00 bits per heavy atom. The molecule has 0 spiro atoms. The van der Waals surface area contributed by atoms with Crippen LogP contribution in [0.15, 0.2) is 24.3 Å². The molecule has 0 unspecified atom stereocenters. The van der Waals surface area contributed by atoms with Crippen molar-refractivity contribution >= 4 is 12.0 Å². The molecule has 0 aromatic heterocycles. The summed E-state index contributed by atoms with van der Waals surface area (Å²) in [4.78, 5) is 29.5. The number of amides is 2. The molecule has 1 aliphatic heterocycles. The smallest absolute Gasteiger partial charge is 0.408 e. The van der Waals surface area contributed by atoms with Crippen LogP contribution in [-0.4, -0.2) is 47.3 Å². The molecular formula is C13H16N2O4. The Bertz CT molecular complexity index is 503. The maximum Gasteiger partial charge on any atom is 0.408 e. The Hall–Kier alpha value is -2.08. The van der Waals surface area contributed by atoms with Crippen molar-refractivity contribution < 1.29 is 19.5 Å². The second-order valence-electron chi connectivity index (χ2n) is 4.42. The van der Waals surface area contributed by atoms with E-state index >= 15 is 0 Å². The van der Waals surface area contributed by atoms with Crippen LogP contribution in [0, 0.1) is 0 Å². The highest BCUT2D eigenvalue weighted by Gasteiger charge is 2.36. The lowest BCUT2D eigenvalue weighted by Crippen LogP contribution is -2.52. The lowest BCUT2D eigenvalue weighted by Gasteiger charge is -2.35. The van der Waals surface area contributed by atoms with Crippen LogP contribution in [0.5, 0.6) is 0 Å². The van der Waals surface area contributed by atoms with Crippen LogP contribution in [0.1, 0.15) is 11.1 Å². The van der Waals surface area contributed by atoms with Gasteiger partial charge in [0.15, 0.2) is 0 Å². The minimum Gasteiger partial charge on any atom is -0.465 e. The van der Waals surface area contributed by atoms with Gasteiger partial charge < -0.3 is 5.11 Å². The number of rotatable bonds is 2. The summed E-state index contributed by atoms with van der Waals surface area (Å²) in [5.74, 6) is -0.362. The van der Waals surface area contributed by atoms with Gasteiger partial charge in [-0.05, 0) is 11.1 Å². The van der Waals surface area contributed by atoms with Crippen LogP contribution < -0.4 is 0 Å². The molecule has 1 aromatic rings. The van der Waals surface area contributed by atoms with E-state index in [0.717, 1.165) is 21.1 Å². The maximum atomic E-state index is 12.1. The van der Waals surface area contributed by atoms with Gasteiger partial charge in [-0.25, -0.2) is 9.86 Å². The Kier molecular flexibility index (Phi) is 3.71. The average molecular weight is 264 g/mol. The van der Waals surface area contributed by atoms with Crippen molar-refractivity contribution in [2.45, 2.75) is 19.0 Å². The van der Waals surface area contributed by atoms with Crippen molar-refractivity contribution in [3.8, 4) is 0 Å². The average Bonchev–Trinajstić information content (AvgIpc) is 2.44. The largest absolute Gasteiger partial charge is 0.465 e. The van der Waals surface area contributed by atoms with Crippen LogP contribution in [-0.2, 0) is 22.6 Å². The minimum atomic E-state index is -1.10. The third-order valence-electron chi connectivity index (χ3n) is 3.36. The topological polar surface area (TPSA) is 70.1 Å². The molecule has 0 saturated carbocycles. The molecule has 2 rings (SSSR count). The number of benzene rings is 1. The van der Waals surface area contributed by atoms with Gasteiger partial charge in [0.1, 0.15) is 6.04 Å². The predicted octanol–water partition coefficient (Wildman–Crippen LogP) is 1.11. The van der Waals surface area contributed by atoms with Gasteiger partial charge in [-0.15, -0.1) is 0 Å². The third kappa shape index (κ3) is 2.53. The molecule has 102 valence electrons. The fourth-order valence-corrected chi connectivity index (χ4v) is 2.24. The molecule has 1 atom stereocenters. The number of hydrogen-bond donors (Lipinski definition) is 1. The number of carboxylic acid groups (broad SMARTS) is 1. The molecule has 1 aromatic carbocycles. The fourth-order valence-electron chi connectivity index (χ4n) is 2.24. The summed E-state index contributed by atoms with van der Waals surface area (Å²) in [6.07, 6.45) is -0.730. The first kappa shape index (κ1) is 13.4. The van der Waals surface area contributed by atoms with Gasteiger partial charge in [0.05, 0.1) is 13.7 Å². The first-order valence-electron chi connectivity index (χ1n) is 5.92. The number of hydrogen-bond acceptors (Lipinski definition) is 3. The van der Waals surface area contributed by atoms with Gasteiger partial charge >= 0.3 is 6.09 Å². The molecule has 1 aliphatic rings. The van der Waals surface area contributed by atoms with Gasteiger partial charge in [0, 0.05) is 13.5 Å². The van der Waals surface area contributed by atoms with Gasteiger partial charge in [-0.2, -0.15) is 0 Å². The zero-order valence-corrected chi connectivity index (χ0v) is 10.9. The summed E-state index contributed by atoms with van der Waals surface area (Å²) in [5.41, 5.74) is 1.94. The Balaban J connectivity index is 2.31. The lowest BCUT2D eigenvalue weighted by molar-refractivity contribution is -0.174. The maximum absolute atomic E-state index is 12.1. The van der Waals surface area contributed by atoms with Gasteiger partial charge in [-0.1, -0.05) is 24.3 Å². The molecule has 1 N–H and O–H groups in total. The molecule has 6 heteroatoms. The van der Waals surface area contributed by atoms with E-state index in [1.807, 2.05) is 24.3 Å². The van der Waals surface area contributed by atoms with Crippen molar-refractivity contribution in [2.75, 3.05) is 14.2 Å². The van der Waals surface area contributed by atoms with Crippen molar-refractivity contribution in [3.05, 3.63) is 35.4 Å². The molecule has 0 radical (unpaired) electrons. The van der Waals surface area contributed by atoms with E-state index in [1.54, 1.807) is 0 Å². The molecular weight excluding hydrogens is 248 g/mol. The summed E-state index contributed by atoms with van der Waals surface area (Å²) < 4.78 is 0. The third-order valence-corrected chi connectivity index (χ3v) is 3.36. The van der Waals surface area contributed by atoms with Crippen LogP contribution in [0.2, 0.25) is 0 Å². The summed E-state index contributed by atoms with van der Waals surface area (Å²) in [5, 5.41) is 10.3. The molecule has 2 amide bonds. The molecule has 6 nitrogen and oxygen atoms in total. The lowest BCUT2D eigenvalue weighted by atomic mass is 9.94. The molecule has 0 saturated heterocycles. The zero-order chi connectivity index (χ0) is 14.0. The predicted molar refractivity (Wildman–Crippen MR) is 67.3 cm³/mol. The van der Waals surface area contributed by atoms with E-state index in [1.165, 1.54) is 14.2 Å². The van der Waals surface area contributed by atoms with Gasteiger partial charge in [0.2, 0.25) is 0 Å². The van der Waals surface area contributed by atoms with E-state index in [-0.39, 0.29) is 12.5 Å². The highest BCUT2D eigenvalue weighted by atomic mass is 16.7. The molecule has 0 aliphatic carbocycles. The Morgan fingerprint density at radius 1 is 1.37 bits per heavy atom. The van der Waals surface area contributed by atoms with E-state index < -0.39 is 12.1 Å². The highest BCUT2D eigenvalue weighted by Crippen LogP contribution is 2.24. The normalized spacial score (nSPS) is 17.8. The van der Waals surface area contributed by atoms with Crippen molar-refractivity contribution in [1.29, 1.82) is 0 Å². The number of fused-ring (bicyclic) bond motifs is 1. The second kappa shape index (κ2) is 5.27. The minimum absolute atomic E-state index is 0.222. The molecule has 1 heterocycles. The number of nitrogens with zero attached hydrogens (tertiary/aromatic N) is 2. The van der Waals surface area contributed by atoms with Crippen molar-refractivity contribution in [2.24, 2.45) is 0 Å². The molecule has 0 fully saturated rings. The van der Waals surface area contributed by atoms with Crippen molar-refractivity contribution in [1.82, 2.24) is 9.96 Å². The van der Waals surface area contributed by atoms with Gasteiger partial charge in [0.25, 0.3) is 5.91 Å². The molecule has 19 heavy (non-hydrogen) atoms. The van der Waals surface area contributed by atoms with Crippen LogP contribution in [0.25, 0.3) is 0 Å². The Morgan fingerprint density at radius 3 is 2.58 bits per heavy atom. The van der Waals surface area contributed by atoms with Crippen LogP contribution >= 0.6 is 0 Å². The first-order chi connectivity index (χ1) is 9.04. The van der Waals surface area contributed by atoms with Crippen LogP contribution in [0.4, 0.5) is 4.79 Å². The number of hydroxylamine groups is 2. The summed E-state index contributed by atoms with van der Waals surface area (Å²) in [7, 11) is 2.85.